The van der Waals surface area contributed by atoms with E-state index in [1.54, 1.807) is 18.2 Å². The van der Waals surface area contributed by atoms with E-state index in [0.29, 0.717) is 22.8 Å². The summed E-state index contributed by atoms with van der Waals surface area (Å²) in [6.45, 7) is 2.03. The van der Waals surface area contributed by atoms with Crippen LogP contribution in [0.15, 0.2) is 18.2 Å². The van der Waals surface area contributed by atoms with Crippen molar-refractivity contribution in [3.8, 4) is 23.6 Å². The van der Waals surface area contributed by atoms with E-state index in [2.05, 4.69) is 10.2 Å². The lowest BCUT2D eigenvalue weighted by Gasteiger charge is -2.08. The molecule has 0 atom stereocenters. The zero-order valence-electron chi connectivity index (χ0n) is 11.7. The van der Waals surface area contributed by atoms with Gasteiger partial charge < -0.3 is 4.74 Å². The van der Waals surface area contributed by atoms with Crippen molar-refractivity contribution in [2.24, 2.45) is 0 Å². The molecule has 1 saturated carbocycles. The summed E-state index contributed by atoms with van der Waals surface area (Å²) >= 11 is 0. The molecule has 3 rings (SSSR count). The van der Waals surface area contributed by atoms with E-state index in [1.165, 1.54) is 0 Å². The number of rotatable bonds is 4. The summed E-state index contributed by atoms with van der Waals surface area (Å²) in [5.74, 6) is 1.72. The summed E-state index contributed by atoms with van der Waals surface area (Å²) in [6, 6.07) is 8.92. The molecule has 1 fully saturated rings. The minimum atomic E-state index is 0.415. The van der Waals surface area contributed by atoms with Crippen LogP contribution in [0.5, 0.6) is 11.5 Å². The molecule has 0 bridgehead atoms. The van der Waals surface area contributed by atoms with Crippen LogP contribution < -0.4 is 4.74 Å². The molecular formula is C16H14N4O. The van der Waals surface area contributed by atoms with E-state index < -0.39 is 0 Å². The second kappa shape index (κ2) is 5.30. The molecule has 1 aliphatic carbocycles. The number of aromatic amines is 1. The predicted octanol–water partition coefficient (Wildman–Crippen LogP) is 3.39. The first-order valence-corrected chi connectivity index (χ1v) is 6.95. The Hall–Kier alpha value is -2.79. The van der Waals surface area contributed by atoms with Gasteiger partial charge in [0.15, 0.2) is 5.75 Å². The summed E-state index contributed by atoms with van der Waals surface area (Å²) in [7, 11) is 0. The van der Waals surface area contributed by atoms with Gasteiger partial charge in [0.05, 0.1) is 29.0 Å². The Bertz CT molecular complexity index is 727. The lowest BCUT2D eigenvalue weighted by atomic mass is 10.1. The van der Waals surface area contributed by atoms with Gasteiger partial charge >= 0.3 is 0 Å². The molecule has 1 aromatic heterocycles. The van der Waals surface area contributed by atoms with Gasteiger partial charge in [-0.15, -0.1) is 0 Å². The Morgan fingerprint density at radius 3 is 2.43 bits per heavy atom. The molecule has 1 aromatic carbocycles. The van der Waals surface area contributed by atoms with E-state index >= 15 is 0 Å². The first-order valence-electron chi connectivity index (χ1n) is 6.95. The second-order valence-electron chi connectivity index (χ2n) is 5.12. The largest absolute Gasteiger partial charge is 0.453 e. The van der Waals surface area contributed by atoms with Crippen molar-refractivity contribution in [2.45, 2.75) is 32.1 Å². The molecule has 104 valence electrons. The van der Waals surface area contributed by atoms with E-state index in [-0.39, 0.29) is 0 Å². The zero-order chi connectivity index (χ0) is 14.8. The van der Waals surface area contributed by atoms with E-state index in [1.807, 2.05) is 19.1 Å². The fourth-order valence-electron chi connectivity index (χ4n) is 2.28. The third-order valence-electron chi connectivity index (χ3n) is 3.52. The molecule has 1 heterocycles. The number of ether oxygens (including phenoxy) is 1. The zero-order valence-corrected chi connectivity index (χ0v) is 11.7. The number of nitriles is 2. The SMILES string of the molecule is CCc1[nH]nc(C2CC2)c1Oc1cc(C#N)cc(C#N)c1. The molecule has 1 N–H and O–H groups in total. The van der Waals surface area contributed by atoms with Crippen LogP contribution in [-0.2, 0) is 6.42 Å². The third-order valence-corrected chi connectivity index (χ3v) is 3.52. The molecule has 2 aromatic rings. The van der Waals surface area contributed by atoms with Crippen molar-refractivity contribution in [1.82, 2.24) is 10.2 Å². The fraction of sp³-hybridized carbons (Fsp3) is 0.312. The lowest BCUT2D eigenvalue weighted by molar-refractivity contribution is 0.470. The van der Waals surface area contributed by atoms with Gasteiger partial charge in [-0.1, -0.05) is 6.92 Å². The van der Waals surface area contributed by atoms with E-state index in [9.17, 15) is 0 Å². The number of hydrogen-bond donors (Lipinski definition) is 1. The van der Waals surface area contributed by atoms with Crippen molar-refractivity contribution in [1.29, 1.82) is 10.5 Å². The number of nitrogens with one attached hydrogen (secondary N) is 1. The fourth-order valence-corrected chi connectivity index (χ4v) is 2.28. The topological polar surface area (TPSA) is 85.5 Å². The Morgan fingerprint density at radius 2 is 1.90 bits per heavy atom. The number of benzene rings is 1. The summed E-state index contributed by atoms with van der Waals surface area (Å²) in [5.41, 5.74) is 2.72. The average Bonchev–Trinajstić information content (AvgIpc) is 3.28. The minimum Gasteiger partial charge on any atom is -0.453 e. The van der Waals surface area contributed by atoms with Crippen LogP contribution in [0, 0.1) is 22.7 Å². The van der Waals surface area contributed by atoms with E-state index in [4.69, 9.17) is 15.3 Å². The number of aryl methyl sites for hydroxylation is 1. The number of H-pyrrole nitrogens is 1. The molecule has 0 unspecified atom stereocenters. The summed E-state index contributed by atoms with van der Waals surface area (Å²) < 4.78 is 5.96. The smallest absolute Gasteiger partial charge is 0.171 e. The molecule has 0 saturated heterocycles. The van der Waals surface area contributed by atoms with Gasteiger partial charge in [0.25, 0.3) is 0 Å². The average molecular weight is 278 g/mol. The van der Waals surface area contributed by atoms with Crippen molar-refractivity contribution < 1.29 is 4.74 Å². The van der Waals surface area contributed by atoms with Crippen LogP contribution in [0.3, 0.4) is 0 Å². The van der Waals surface area contributed by atoms with Gasteiger partial charge in [0, 0.05) is 5.92 Å². The van der Waals surface area contributed by atoms with Crippen LogP contribution in [0.2, 0.25) is 0 Å². The lowest BCUT2D eigenvalue weighted by Crippen LogP contribution is -1.93. The van der Waals surface area contributed by atoms with Crippen molar-refractivity contribution in [3.05, 3.63) is 40.7 Å². The minimum absolute atomic E-state index is 0.415. The first kappa shape index (κ1) is 13.2. The van der Waals surface area contributed by atoms with E-state index in [0.717, 1.165) is 36.4 Å². The maximum Gasteiger partial charge on any atom is 0.171 e. The maximum absolute atomic E-state index is 9.03. The number of aromatic nitrogens is 2. The van der Waals surface area contributed by atoms with Crippen molar-refractivity contribution >= 4 is 0 Å². The molecule has 0 spiro atoms. The Labute approximate surface area is 122 Å². The van der Waals surface area contributed by atoms with Gasteiger partial charge in [-0.05, 0) is 37.5 Å². The Morgan fingerprint density at radius 1 is 1.24 bits per heavy atom. The van der Waals surface area contributed by atoms with Crippen molar-refractivity contribution in [2.75, 3.05) is 0 Å². The van der Waals surface area contributed by atoms with Gasteiger partial charge in [0.1, 0.15) is 11.4 Å². The quantitative estimate of drug-likeness (QED) is 0.928. The molecule has 5 nitrogen and oxygen atoms in total. The van der Waals surface area contributed by atoms with Crippen molar-refractivity contribution in [3.63, 3.8) is 0 Å². The van der Waals surface area contributed by atoms with Crippen LogP contribution >= 0.6 is 0 Å². The molecular weight excluding hydrogens is 264 g/mol. The summed E-state index contributed by atoms with van der Waals surface area (Å²) in [6.07, 6.45) is 3.05. The standard InChI is InChI=1S/C16H14N4O/c1-2-14-16(15(20-19-14)12-3-4-12)21-13-6-10(8-17)5-11(7-13)9-18/h5-7,12H,2-4H2,1H3,(H,19,20). The molecule has 0 amide bonds. The first-order chi connectivity index (χ1) is 10.2. The predicted molar refractivity (Wildman–Crippen MR) is 75.9 cm³/mol. The van der Waals surface area contributed by atoms with Gasteiger partial charge in [-0.2, -0.15) is 15.6 Å². The monoisotopic (exact) mass is 278 g/mol. The molecule has 1 aliphatic rings. The molecule has 0 radical (unpaired) electrons. The third kappa shape index (κ3) is 2.59. The Balaban J connectivity index is 1.99. The summed E-state index contributed by atoms with van der Waals surface area (Å²) in [4.78, 5) is 0. The highest BCUT2D eigenvalue weighted by Gasteiger charge is 2.31. The highest BCUT2D eigenvalue weighted by Crippen LogP contribution is 2.45. The van der Waals surface area contributed by atoms with Gasteiger partial charge in [0.2, 0.25) is 0 Å². The molecule has 21 heavy (non-hydrogen) atoms. The summed E-state index contributed by atoms with van der Waals surface area (Å²) in [5, 5.41) is 25.4. The highest BCUT2D eigenvalue weighted by atomic mass is 16.5. The molecule has 5 heteroatoms. The highest BCUT2D eigenvalue weighted by molar-refractivity contribution is 5.48. The second-order valence-corrected chi connectivity index (χ2v) is 5.12. The number of nitrogens with zero attached hydrogens (tertiary/aromatic N) is 3. The van der Waals surface area contributed by atoms with Crippen LogP contribution in [0.25, 0.3) is 0 Å². The number of hydrogen-bond acceptors (Lipinski definition) is 4. The van der Waals surface area contributed by atoms with Crippen LogP contribution in [0.1, 0.15) is 48.2 Å². The maximum atomic E-state index is 9.03. The van der Waals surface area contributed by atoms with Crippen LogP contribution in [0.4, 0.5) is 0 Å². The molecule has 0 aliphatic heterocycles. The van der Waals surface area contributed by atoms with Crippen LogP contribution in [-0.4, -0.2) is 10.2 Å². The van der Waals surface area contributed by atoms with Gasteiger partial charge in [-0.25, -0.2) is 0 Å². The van der Waals surface area contributed by atoms with Gasteiger partial charge in [-0.3, -0.25) is 5.10 Å². The normalized spacial score (nSPS) is 13.5. The Kier molecular flexibility index (Phi) is 3.33.